The van der Waals surface area contributed by atoms with Crippen molar-refractivity contribution in [3.8, 4) is 6.07 Å². The van der Waals surface area contributed by atoms with Crippen LogP contribution in [0.2, 0.25) is 0 Å². The smallest absolute Gasteiger partial charge is 0.313 e. The average molecular weight is 397 g/mol. The van der Waals surface area contributed by atoms with Crippen LogP contribution in [0.4, 0.5) is 0 Å². The fraction of sp³-hybridized carbons (Fsp3) is 0.615. The summed E-state index contributed by atoms with van der Waals surface area (Å²) >= 11 is 2.54. The van der Waals surface area contributed by atoms with Gasteiger partial charge in [0.05, 0.1) is 6.07 Å². The van der Waals surface area contributed by atoms with Crippen molar-refractivity contribution in [1.29, 1.82) is 5.26 Å². The minimum atomic E-state index is -1.13. The van der Waals surface area contributed by atoms with E-state index in [0.717, 1.165) is 0 Å². The molecule has 0 bridgehead atoms. The second-order valence-corrected chi connectivity index (χ2v) is 8.05. The standard InChI is InChI=1S/C13H15N7O4S2/c1-19-12(16-17-18-19)26-6-13(11(23)24)4-20-9(22)8(10(20)25-5-13)15-7(21)2-3-14/h8,10H,2,4-6H2,1H3,(H,15,21)(H,23,24)/t8?,10-,13?/m1/s1. The molecule has 0 saturated carbocycles. The van der Waals surface area contributed by atoms with Crippen LogP contribution >= 0.6 is 23.5 Å². The summed E-state index contributed by atoms with van der Waals surface area (Å²) in [5.41, 5.74) is -1.13. The second-order valence-electron chi connectivity index (χ2n) is 6.01. The third-order valence-corrected chi connectivity index (χ3v) is 7.10. The number of nitriles is 1. The molecule has 11 nitrogen and oxygen atoms in total. The van der Waals surface area contributed by atoms with Gasteiger partial charge in [0, 0.05) is 25.1 Å². The van der Waals surface area contributed by atoms with Crippen molar-refractivity contribution in [2.24, 2.45) is 12.5 Å². The summed E-state index contributed by atoms with van der Waals surface area (Å²) in [5, 5.41) is 32.1. The van der Waals surface area contributed by atoms with E-state index < -0.39 is 23.3 Å². The molecule has 138 valence electrons. The fourth-order valence-corrected chi connectivity index (χ4v) is 5.46. The van der Waals surface area contributed by atoms with Crippen LogP contribution in [0.3, 0.4) is 0 Å². The highest BCUT2D eigenvalue weighted by atomic mass is 32.2. The van der Waals surface area contributed by atoms with E-state index >= 15 is 0 Å². The highest BCUT2D eigenvalue weighted by molar-refractivity contribution is 8.00. The molecule has 0 aromatic carbocycles. The van der Waals surface area contributed by atoms with Gasteiger partial charge in [-0.15, -0.1) is 16.9 Å². The van der Waals surface area contributed by atoms with Crippen LogP contribution < -0.4 is 5.32 Å². The second kappa shape index (κ2) is 7.12. The van der Waals surface area contributed by atoms with E-state index in [1.54, 1.807) is 13.1 Å². The fourth-order valence-electron chi connectivity index (χ4n) is 2.75. The molecule has 26 heavy (non-hydrogen) atoms. The Morgan fingerprint density at radius 3 is 2.96 bits per heavy atom. The van der Waals surface area contributed by atoms with Crippen molar-refractivity contribution >= 4 is 41.3 Å². The first-order chi connectivity index (χ1) is 12.4. The summed E-state index contributed by atoms with van der Waals surface area (Å²) < 4.78 is 1.45. The Hall–Kier alpha value is -2.33. The van der Waals surface area contributed by atoms with Crippen LogP contribution in [-0.4, -0.2) is 77.5 Å². The zero-order chi connectivity index (χ0) is 18.9. The van der Waals surface area contributed by atoms with Gasteiger partial charge < -0.3 is 15.3 Å². The number of thioether (sulfide) groups is 2. The highest BCUT2D eigenvalue weighted by Gasteiger charge is 2.57. The molecule has 2 aliphatic heterocycles. The zero-order valence-corrected chi connectivity index (χ0v) is 15.3. The van der Waals surface area contributed by atoms with Gasteiger partial charge in [-0.1, -0.05) is 11.8 Å². The van der Waals surface area contributed by atoms with Crippen LogP contribution in [0.1, 0.15) is 6.42 Å². The number of nitrogens with zero attached hydrogens (tertiary/aromatic N) is 6. The van der Waals surface area contributed by atoms with Gasteiger partial charge in [-0.05, 0) is 10.4 Å². The minimum Gasteiger partial charge on any atom is -0.481 e. The summed E-state index contributed by atoms with van der Waals surface area (Å²) in [7, 11) is 1.66. The number of aromatic nitrogens is 4. The maximum absolute atomic E-state index is 12.3. The Balaban J connectivity index is 1.66. The summed E-state index contributed by atoms with van der Waals surface area (Å²) in [6, 6.07) is 1.02. The minimum absolute atomic E-state index is 0.0573. The molecule has 2 fully saturated rings. The molecule has 3 atom stereocenters. The topological polar surface area (TPSA) is 154 Å². The number of fused-ring (bicyclic) bond motifs is 1. The van der Waals surface area contributed by atoms with Gasteiger partial charge in [-0.3, -0.25) is 14.4 Å². The Labute approximate surface area is 156 Å². The molecule has 13 heteroatoms. The maximum atomic E-state index is 12.3. The zero-order valence-electron chi connectivity index (χ0n) is 13.7. The number of carboxylic acid groups (broad SMARTS) is 1. The number of carboxylic acids is 1. The summed E-state index contributed by atoms with van der Waals surface area (Å²) in [5.74, 6) is -1.32. The van der Waals surface area contributed by atoms with Crippen molar-refractivity contribution in [2.75, 3.05) is 18.1 Å². The largest absolute Gasteiger partial charge is 0.481 e. The van der Waals surface area contributed by atoms with E-state index in [4.69, 9.17) is 5.26 Å². The molecule has 2 N–H and O–H groups in total. The number of amides is 2. The molecule has 0 aliphatic carbocycles. The number of hydrogen-bond acceptors (Lipinski definition) is 9. The number of aryl methyl sites for hydroxylation is 1. The van der Waals surface area contributed by atoms with E-state index in [1.807, 2.05) is 0 Å². The Kier molecular flexibility index (Phi) is 5.05. The third-order valence-electron chi connectivity index (χ3n) is 4.21. The van der Waals surface area contributed by atoms with Crippen molar-refractivity contribution in [2.45, 2.75) is 23.0 Å². The van der Waals surface area contributed by atoms with Crippen molar-refractivity contribution in [3.63, 3.8) is 0 Å². The lowest BCUT2D eigenvalue weighted by Gasteiger charge is -2.53. The molecule has 3 heterocycles. The molecular weight excluding hydrogens is 382 g/mol. The van der Waals surface area contributed by atoms with Crippen molar-refractivity contribution < 1.29 is 19.5 Å². The normalized spacial score (nSPS) is 27.2. The van der Waals surface area contributed by atoms with Crippen LogP contribution in [0.25, 0.3) is 0 Å². The molecule has 2 amide bonds. The molecule has 2 saturated heterocycles. The molecule has 3 rings (SSSR count). The van der Waals surface area contributed by atoms with Gasteiger partial charge in [0.15, 0.2) is 0 Å². The Morgan fingerprint density at radius 1 is 1.58 bits per heavy atom. The van der Waals surface area contributed by atoms with E-state index in [0.29, 0.717) is 10.9 Å². The first-order valence-corrected chi connectivity index (χ1v) is 9.58. The molecule has 1 aromatic rings. The van der Waals surface area contributed by atoms with Crippen molar-refractivity contribution in [3.05, 3.63) is 0 Å². The molecule has 1 aromatic heterocycles. The molecule has 2 aliphatic rings. The summed E-state index contributed by atoms with van der Waals surface area (Å²) in [6.45, 7) is 0.0573. The first kappa shape index (κ1) is 18.5. The SMILES string of the molecule is Cn1nnnc1SCC1(C(=O)O)CS[C@@H]2C(NC(=O)CC#N)C(=O)N2C1. The lowest BCUT2D eigenvalue weighted by Crippen LogP contribution is -2.74. The molecule has 0 radical (unpaired) electrons. The van der Waals surface area contributed by atoms with Crippen LogP contribution in [-0.2, 0) is 21.4 Å². The van der Waals surface area contributed by atoms with Crippen LogP contribution in [0.5, 0.6) is 0 Å². The Morgan fingerprint density at radius 2 is 2.35 bits per heavy atom. The third kappa shape index (κ3) is 3.21. The number of hydrogen-bond donors (Lipinski definition) is 2. The van der Waals surface area contributed by atoms with Gasteiger partial charge in [0.2, 0.25) is 17.0 Å². The van der Waals surface area contributed by atoms with Gasteiger partial charge in [0.1, 0.15) is 23.3 Å². The number of β-lactam (4-membered cyclic amide) rings is 1. The number of tetrazole rings is 1. The lowest BCUT2D eigenvalue weighted by atomic mass is 9.89. The number of carbonyl (C=O) groups is 3. The lowest BCUT2D eigenvalue weighted by molar-refractivity contribution is -0.157. The summed E-state index contributed by atoms with van der Waals surface area (Å²) in [6.07, 6.45) is -0.317. The maximum Gasteiger partial charge on any atom is 0.313 e. The highest BCUT2D eigenvalue weighted by Crippen LogP contribution is 2.44. The predicted molar refractivity (Wildman–Crippen MR) is 89.7 cm³/mol. The van der Waals surface area contributed by atoms with E-state index in [9.17, 15) is 19.5 Å². The number of rotatable bonds is 6. The average Bonchev–Trinajstić information content (AvgIpc) is 3.02. The summed E-state index contributed by atoms with van der Waals surface area (Å²) in [4.78, 5) is 37.2. The molecule has 0 spiro atoms. The number of carbonyl (C=O) groups excluding carboxylic acids is 2. The van der Waals surface area contributed by atoms with Crippen LogP contribution in [0.15, 0.2) is 5.16 Å². The number of nitrogens with one attached hydrogen (secondary N) is 1. The van der Waals surface area contributed by atoms with Gasteiger partial charge in [-0.2, -0.15) is 5.26 Å². The first-order valence-electron chi connectivity index (χ1n) is 7.55. The van der Waals surface area contributed by atoms with E-state index in [1.165, 1.54) is 33.1 Å². The Bertz CT molecular complexity index is 794. The van der Waals surface area contributed by atoms with Crippen molar-refractivity contribution in [1.82, 2.24) is 30.4 Å². The molecule has 2 unspecified atom stereocenters. The predicted octanol–water partition coefficient (Wildman–Crippen LogP) is -1.31. The van der Waals surface area contributed by atoms with Gasteiger partial charge >= 0.3 is 5.97 Å². The monoisotopic (exact) mass is 397 g/mol. The van der Waals surface area contributed by atoms with Gasteiger partial charge in [-0.25, -0.2) is 4.68 Å². The van der Waals surface area contributed by atoms with E-state index in [2.05, 4.69) is 20.8 Å². The van der Waals surface area contributed by atoms with Crippen LogP contribution in [0, 0.1) is 16.7 Å². The molecular formula is C13H15N7O4S2. The van der Waals surface area contributed by atoms with E-state index in [-0.39, 0.29) is 30.0 Å². The van der Waals surface area contributed by atoms with Gasteiger partial charge in [0.25, 0.3) is 0 Å². The quantitative estimate of drug-likeness (QED) is 0.436. The number of aliphatic carboxylic acids is 1.